The average molecular weight is 318 g/mol. The summed E-state index contributed by atoms with van der Waals surface area (Å²) >= 11 is 0. The van der Waals surface area contributed by atoms with Gasteiger partial charge in [0, 0.05) is 12.1 Å². The molecule has 3 rings (SSSR count). The minimum Gasteiger partial charge on any atom is -0.477 e. The molecule has 0 bridgehead atoms. The Kier molecular flexibility index (Phi) is 3.26. The van der Waals surface area contributed by atoms with Crippen LogP contribution >= 0.6 is 0 Å². The monoisotopic (exact) mass is 318 g/mol. The van der Waals surface area contributed by atoms with Crippen molar-refractivity contribution in [1.82, 2.24) is 14.6 Å². The highest BCUT2D eigenvalue weighted by Gasteiger charge is 2.18. The van der Waals surface area contributed by atoms with Gasteiger partial charge in [-0.2, -0.15) is 9.61 Å². The first kappa shape index (κ1) is 14.0. The van der Waals surface area contributed by atoms with E-state index in [1.807, 2.05) is 0 Å². The van der Waals surface area contributed by atoms with Gasteiger partial charge in [0.25, 0.3) is 10.0 Å². The molecule has 0 aliphatic heterocycles. The second-order valence-electron chi connectivity index (χ2n) is 4.35. The van der Waals surface area contributed by atoms with Crippen molar-refractivity contribution in [3.05, 3.63) is 54.4 Å². The molecule has 0 spiro atoms. The van der Waals surface area contributed by atoms with Crippen molar-refractivity contribution >= 4 is 27.5 Å². The predicted molar refractivity (Wildman–Crippen MR) is 77.2 cm³/mol. The van der Waals surface area contributed by atoms with Crippen LogP contribution in [0.25, 0.3) is 5.65 Å². The van der Waals surface area contributed by atoms with Gasteiger partial charge in [0.1, 0.15) is 5.82 Å². The summed E-state index contributed by atoms with van der Waals surface area (Å²) < 4.78 is 28.2. The molecule has 8 nitrogen and oxygen atoms in total. The molecule has 22 heavy (non-hydrogen) atoms. The lowest BCUT2D eigenvalue weighted by Crippen LogP contribution is -2.17. The number of aromatic carboxylic acids is 1. The number of nitrogens with one attached hydrogen (secondary N) is 1. The highest BCUT2D eigenvalue weighted by Crippen LogP contribution is 2.17. The lowest BCUT2D eigenvalue weighted by atomic mass is 10.4. The quantitative estimate of drug-likeness (QED) is 0.748. The Labute approximate surface area is 125 Å². The van der Waals surface area contributed by atoms with E-state index in [4.69, 9.17) is 5.11 Å². The molecule has 0 unspecified atom stereocenters. The number of fused-ring (bicyclic) bond motifs is 1. The van der Waals surface area contributed by atoms with Crippen molar-refractivity contribution in [1.29, 1.82) is 0 Å². The molecule has 2 heterocycles. The first-order valence-electron chi connectivity index (χ1n) is 6.13. The molecular formula is C13H10N4O4S. The fourth-order valence-corrected chi connectivity index (χ4v) is 2.95. The molecule has 0 fully saturated rings. The number of carboxylic acids is 1. The number of benzene rings is 1. The Bertz CT molecular complexity index is 951. The van der Waals surface area contributed by atoms with E-state index in [0.717, 1.165) is 6.07 Å². The Morgan fingerprint density at radius 3 is 2.59 bits per heavy atom. The zero-order valence-electron chi connectivity index (χ0n) is 11.0. The van der Waals surface area contributed by atoms with E-state index < -0.39 is 16.0 Å². The number of hydrogen-bond acceptors (Lipinski definition) is 5. The minimum atomic E-state index is -3.86. The smallest absolute Gasteiger partial charge is 0.354 e. The van der Waals surface area contributed by atoms with E-state index in [0.29, 0.717) is 0 Å². The van der Waals surface area contributed by atoms with Crippen LogP contribution in [0.1, 0.15) is 10.5 Å². The summed E-state index contributed by atoms with van der Waals surface area (Å²) in [4.78, 5) is 15.0. The molecule has 1 aromatic carbocycles. The summed E-state index contributed by atoms with van der Waals surface area (Å²) in [6, 6.07) is 10.3. The van der Waals surface area contributed by atoms with Gasteiger partial charge < -0.3 is 5.11 Å². The van der Waals surface area contributed by atoms with Crippen LogP contribution in [0.4, 0.5) is 5.82 Å². The van der Waals surface area contributed by atoms with Crippen molar-refractivity contribution < 1.29 is 18.3 Å². The van der Waals surface area contributed by atoms with Crippen molar-refractivity contribution in [2.45, 2.75) is 4.90 Å². The number of nitrogens with zero attached hydrogens (tertiary/aromatic N) is 3. The van der Waals surface area contributed by atoms with E-state index >= 15 is 0 Å². The fourth-order valence-electron chi connectivity index (χ4n) is 1.89. The largest absolute Gasteiger partial charge is 0.477 e. The topological polar surface area (TPSA) is 114 Å². The van der Waals surface area contributed by atoms with Crippen molar-refractivity contribution in [2.24, 2.45) is 0 Å². The molecule has 0 saturated carbocycles. The zero-order valence-corrected chi connectivity index (χ0v) is 11.9. The van der Waals surface area contributed by atoms with Crippen LogP contribution in [0.5, 0.6) is 0 Å². The molecule has 2 aromatic heterocycles. The number of hydrogen-bond donors (Lipinski definition) is 2. The predicted octanol–water partition coefficient (Wildman–Crippen LogP) is 1.23. The van der Waals surface area contributed by atoms with Crippen LogP contribution in [-0.4, -0.2) is 34.1 Å². The zero-order chi connectivity index (χ0) is 15.7. The first-order valence-corrected chi connectivity index (χ1v) is 7.62. The summed E-state index contributed by atoms with van der Waals surface area (Å²) in [7, 11) is -3.86. The first-order chi connectivity index (χ1) is 10.5. The van der Waals surface area contributed by atoms with Crippen molar-refractivity contribution in [3.63, 3.8) is 0 Å². The third kappa shape index (κ3) is 2.49. The fraction of sp³-hybridized carbons (Fsp3) is 0. The number of anilines is 1. The maximum atomic E-state index is 12.3. The Hall–Kier alpha value is -2.94. The molecule has 0 aliphatic rings. The van der Waals surface area contributed by atoms with Crippen LogP contribution < -0.4 is 4.72 Å². The van der Waals surface area contributed by atoms with E-state index in [-0.39, 0.29) is 22.1 Å². The van der Waals surface area contributed by atoms with Crippen molar-refractivity contribution in [2.75, 3.05) is 4.72 Å². The Morgan fingerprint density at radius 2 is 1.91 bits per heavy atom. The molecule has 9 heteroatoms. The second kappa shape index (κ2) is 5.11. The van der Waals surface area contributed by atoms with E-state index in [9.17, 15) is 13.2 Å². The van der Waals surface area contributed by atoms with E-state index in [1.165, 1.54) is 28.9 Å². The standard InChI is InChI=1S/C13H10N4O4S/c18-13(19)10-8-12(17-11(15-10)6-7-14-17)16-22(20,21)9-4-2-1-3-5-9/h1-8,16H,(H,18,19). The van der Waals surface area contributed by atoms with Crippen LogP contribution in [0.2, 0.25) is 0 Å². The maximum absolute atomic E-state index is 12.3. The lowest BCUT2D eigenvalue weighted by molar-refractivity contribution is 0.0690. The molecule has 0 amide bonds. The van der Waals surface area contributed by atoms with Gasteiger partial charge in [-0.25, -0.2) is 18.2 Å². The van der Waals surface area contributed by atoms with Gasteiger partial charge >= 0.3 is 5.97 Å². The third-order valence-electron chi connectivity index (χ3n) is 2.87. The van der Waals surface area contributed by atoms with Crippen LogP contribution in [0.15, 0.2) is 53.6 Å². The molecule has 0 radical (unpaired) electrons. The number of carbonyl (C=O) groups is 1. The van der Waals surface area contributed by atoms with Gasteiger partial charge in [-0.3, -0.25) is 4.72 Å². The van der Waals surface area contributed by atoms with Crippen molar-refractivity contribution in [3.8, 4) is 0 Å². The summed E-state index contributed by atoms with van der Waals surface area (Å²) in [6.45, 7) is 0. The molecule has 0 saturated heterocycles. The van der Waals surface area contributed by atoms with Gasteiger partial charge in [0.05, 0.1) is 11.1 Å². The van der Waals surface area contributed by atoms with Crippen LogP contribution in [0, 0.1) is 0 Å². The maximum Gasteiger partial charge on any atom is 0.354 e. The number of carboxylic acid groups (broad SMARTS) is 1. The highest BCUT2D eigenvalue weighted by atomic mass is 32.2. The molecule has 0 aliphatic carbocycles. The van der Waals surface area contributed by atoms with E-state index in [1.54, 1.807) is 18.2 Å². The molecular weight excluding hydrogens is 308 g/mol. The molecule has 2 N–H and O–H groups in total. The van der Waals surface area contributed by atoms with Crippen LogP contribution in [0.3, 0.4) is 0 Å². The number of aromatic nitrogens is 3. The molecule has 0 atom stereocenters. The highest BCUT2D eigenvalue weighted by molar-refractivity contribution is 7.92. The summed E-state index contributed by atoms with van der Waals surface area (Å²) in [5, 5.41) is 13.0. The van der Waals surface area contributed by atoms with Gasteiger partial charge in [0.15, 0.2) is 11.3 Å². The third-order valence-corrected chi connectivity index (χ3v) is 4.24. The number of sulfonamides is 1. The Morgan fingerprint density at radius 1 is 1.18 bits per heavy atom. The summed E-state index contributed by atoms with van der Waals surface area (Å²) in [5.41, 5.74) is -0.0515. The minimum absolute atomic E-state index is 0.00347. The average Bonchev–Trinajstić information content (AvgIpc) is 2.96. The normalized spacial score (nSPS) is 11.5. The molecule has 3 aromatic rings. The Balaban J connectivity index is 2.11. The van der Waals surface area contributed by atoms with E-state index in [2.05, 4.69) is 14.8 Å². The SMILES string of the molecule is O=C(O)c1cc(NS(=O)(=O)c2ccccc2)n2nccc2n1. The summed E-state index contributed by atoms with van der Waals surface area (Å²) in [5.74, 6) is -1.26. The molecule has 112 valence electrons. The summed E-state index contributed by atoms with van der Waals surface area (Å²) in [6.07, 6.45) is 1.40. The number of rotatable bonds is 4. The van der Waals surface area contributed by atoms with Gasteiger partial charge in [-0.1, -0.05) is 18.2 Å². The second-order valence-corrected chi connectivity index (χ2v) is 6.03. The van der Waals surface area contributed by atoms with Gasteiger partial charge in [-0.05, 0) is 12.1 Å². The van der Waals surface area contributed by atoms with Crippen LogP contribution in [-0.2, 0) is 10.0 Å². The van der Waals surface area contributed by atoms with Gasteiger partial charge in [-0.15, -0.1) is 0 Å². The van der Waals surface area contributed by atoms with Gasteiger partial charge in [0.2, 0.25) is 0 Å². The lowest BCUT2D eigenvalue weighted by Gasteiger charge is -2.10.